The van der Waals surface area contributed by atoms with Gasteiger partial charge in [0, 0.05) is 42.5 Å². The number of fused-ring (bicyclic) bond motifs is 1. The van der Waals surface area contributed by atoms with Gasteiger partial charge in [0.05, 0.1) is 0 Å². The molecule has 1 aliphatic rings. The Hall–Kier alpha value is -3.94. The SMILES string of the molecule is O=C(NCCc1ccc(C(=O)N2CCC2)cc1)c1nc(-c2ccc3cc[nH]c3c2)no1. The number of hydrogen-bond acceptors (Lipinski definition) is 5. The van der Waals surface area contributed by atoms with Gasteiger partial charge in [-0.25, -0.2) is 0 Å². The van der Waals surface area contributed by atoms with Gasteiger partial charge in [0.1, 0.15) is 0 Å². The number of benzene rings is 2. The maximum atomic E-state index is 12.3. The highest BCUT2D eigenvalue weighted by Crippen LogP contribution is 2.21. The van der Waals surface area contributed by atoms with Gasteiger partial charge in [-0.3, -0.25) is 9.59 Å². The van der Waals surface area contributed by atoms with Gasteiger partial charge in [0.25, 0.3) is 5.91 Å². The molecular formula is C23H21N5O3. The first-order chi connectivity index (χ1) is 15.2. The van der Waals surface area contributed by atoms with Gasteiger partial charge in [0.2, 0.25) is 5.82 Å². The zero-order chi connectivity index (χ0) is 21.2. The first-order valence-corrected chi connectivity index (χ1v) is 10.2. The van der Waals surface area contributed by atoms with Crippen molar-refractivity contribution in [2.45, 2.75) is 12.8 Å². The summed E-state index contributed by atoms with van der Waals surface area (Å²) in [5.74, 6) is -0.0424. The van der Waals surface area contributed by atoms with Crippen molar-refractivity contribution in [2.75, 3.05) is 19.6 Å². The molecule has 2 aromatic carbocycles. The zero-order valence-electron chi connectivity index (χ0n) is 16.8. The predicted octanol–water partition coefficient (Wildman–Crippen LogP) is 3.04. The number of amides is 2. The number of rotatable bonds is 6. The molecule has 0 saturated carbocycles. The largest absolute Gasteiger partial charge is 0.361 e. The Kier molecular flexibility index (Phi) is 4.95. The van der Waals surface area contributed by atoms with Crippen LogP contribution in [0.1, 0.15) is 33.0 Å². The lowest BCUT2D eigenvalue weighted by Gasteiger charge is -2.30. The number of carbonyl (C=O) groups excluding carboxylic acids is 2. The van der Waals surface area contributed by atoms with Crippen LogP contribution in [-0.2, 0) is 6.42 Å². The summed E-state index contributed by atoms with van der Waals surface area (Å²) < 4.78 is 5.13. The van der Waals surface area contributed by atoms with Crippen LogP contribution in [0.3, 0.4) is 0 Å². The van der Waals surface area contributed by atoms with E-state index in [-0.39, 0.29) is 11.8 Å². The van der Waals surface area contributed by atoms with Gasteiger partial charge < -0.3 is 19.7 Å². The van der Waals surface area contributed by atoms with Crippen molar-refractivity contribution in [2.24, 2.45) is 0 Å². The van der Waals surface area contributed by atoms with E-state index in [1.165, 1.54) is 0 Å². The molecule has 3 heterocycles. The molecule has 0 atom stereocenters. The standard InChI is InChI=1S/C23H21N5O3/c29-21(22-26-20(27-31-22)18-7-6-16-9-11-24-19(16)14-18)25-10-8-15-2-4-17(5-3-15)23(30)28-12-1-13-28/h2-7,9,11,14,24H,1,8,10,12-13H2,(H,25,29). The second kappa shape index (κ2) is 8.06. The summed E-state index contributed by atoms with van der Waals surface area (Å²) in [5.41, 5.74) is 3.46. The van der Waals surface area contributed by atoms with Crippen molar-refractivity contribution in [3.8, 4) is 11.4 Å². The van der Waals surface area contributed by atoms with E-state index in [0.29, 0.717) is 24.4 Å². The maximum Gasteiger partial charge on any atom is 0.316 e. The van der Waals surface area contributed by atoms with E-state index in [1.54, 1.807) is 0 Å². The van der Waals surface area contributed by atoms with Crippen LogP contribution in [0.2, 0.25) is 0 Å². The van der Waals surface area contributed by atoms with Crippen molar-refractivity contribution < 1.29 is 14.1 Å². The topological polar surface area (TPSA) is 104 Å². The smallest absolute Gasteiger partial charge is 0.316 e. The number of nitrogens with one attached hydrogen (secondary N) is 2. The summed E-state index contributed by atoms with van der Waals surface area (Å²) in [5, 5.41) is 7.80. The highest BCUT2D eigenvalue weighted by Gasteiger charge is 2.21. The molecule has 2 N–H and O–H groups in total. The Bertz CT molecular complexity index is 1240. The minimum Gasteiger partial charge on any atom is -0.361 e. The molecule has 156 valence electrons. The van der Waals surface area contributed by atoms with E-state index in [9.17, 15) is 9.59 Å². The molecule has 1 aliphatic heterocycles. The molecule has 4 aromatic rings. The van der Waals surface area contributed by atoms with Crippen molar-refractivity contribution >= 4 is 22.7 Å². The highest BCUT2D eigenvalue weighted by atomic mass is 16.5. The molecule has 2 aromatic heterocycles. The van der Waals surface area contributed by atoms with E-state index in [2.05, 4.69) is 20.4 Å². The molecule has 8 nitrogen and oxygen atoms in total. The third-order valence-electron chi connectivity index (χ3n) is 5.48. The molecule has 31 heavy (non-hydrogen) atoms. The highest BCUT2D eigenvalue weighted by molar-refractivity contribution is 5.94. The summed E-state index contributed by atoms with van der Waals surface area (Å²) in [6, 6.07) is 15.2. The van der Waals surface area contributed by atoms with E-state index < -0.39 is 5.91 Å². The monoisotopic (exact) mass is 415 g/mol. The fourth-order valence-electron chi connectivity index (χ4n) is 3.53. The molecule has 0 radical (unpaired) electrons. The Morgan fingerprint density at radius 1 is 1.10 bits per heavy atom. The minimum absolute atomic E-state index is 0.0722. The van der Waals surface area contributed by atoms with Gasteiger partial charge in [0.15, 0.2) is 0 Å². The molecular weight excluding hydrogens is 394 g/mol. The molecule has 8 heteroatoms. The Balaban J connectivity index is 1.16. The quantitative estimate of drug-likeness (QED) is 0.504. The first-order valence-electron chi connectivity index (χ1n) is 10.2. The fraction of sp³-hybridized carbons (Fsp3) is 0.217. The third kappa shape index (κ3) is 3.92. The van der Waals surface area contributed by atoms with Crippen molar-refractivity contribution in [1.29, 1.82) is 0 Å². The molecule has 0 aliphatic carbocycles. The summed E-state index contributed by atoms with van der Waals surface area (Å²) in [7, 11) is 0. The van der Waals surface area contributed by atoms with Crippen molar-refractivity contribution in [3.05, 3.63) is 71.7 Å². The Labute approximate surface area is 178 Å². The second-order valence-electron chi connectivity index (χ2n) is 7.55. The van der Waals surface area contributed by atoms with Gasteiger partial charge in [-0.05, 0) is 48.1 Å². The lowest BCUT2D eigenvalue weighted by atomic mass is 10.1. The lowest BCUT2D eigenvalue weighted by molar-refractivity contribution is 0.0651. The van der Waals surface area contributed by atoms with Gasteiger partial charge in [-0.1, -0.05) is 29.4 Å². The number of likely N-dealkylation sites (tertiary alicyclic amines) is 1. The van der Waals surface area contributed by atoms with Crippen LogP contribution in [0, 0.1) is 0 Å². The lowest BCUT2D eigenvalue weighted by Crippen LogP contribution is -2.41. The van der Waals surface area contributed by atoms with Crippen molar-refractivity contribution in [3.63, 3.8) is 0 Å². The molecule has 1 fully saturated rings. The molecule has 5 rings (SSSR count). The summed E-state index contributed by atoms with van der Waals surface area (Å²) in [6.45, 7) is 2.10. The average Bonchev–Trinajstić information content (AvgIpc) is 3.42. The average molecular weight is 415 g/mol. The summed E-state index contributed by atoms with van der Waals surface area (Å²) >= 11 is 0. The fourth-order valence-corrected chi connectivity index (χ4v) is 3.53. The molecule has 0 spiro atoms. The van der Waals surface area contributed by atoms with Gasteiger partial charge in [-0.2, -0.15) is 4.98 Å². The number of aromatic nitrogens is 3. The molecule has 0 unspecified atom stereocenters. The van der Waals surface area contributed by atoms with E-state index in [0.717, 1.165) is 41.5 Å². The summed E-state index contributed by atoms with van der Waals surface area (Å²) in [4.78, 5) is 33.7. The number of H-pyrrole nitrogens is 1. The van der Waals surface area contributed by atoms with E-state index >= 15 is 0 Å². The zero-order valence-corrected chi connectivity index (χ0v) is 16.8. The third-order valence-corrected chi connectivity index (χ3v) is 5.48. The minimum atomic E-state index is -0.413. The number of hydrogen-bond donors (Lipinski definition) is 2. The summed E-state index contributed by atoms with van der Waals surface area (Å²) in [6.07, 6.45) is 3.57. The van der Waals surface area contributed by atoms with Crippen LogP contribution in [-0.4, -0.2) is 51.5 Å². The van der Waals surface area contributed by atoms with E-state index in [4.69, 9.17) is 4.52 Å². The van der Waals surface area contributed by atoms with Crippen LogP contribution in [0.25, 0.3) is 22.3 Å². The predicted molar refractivity (Wildman–Crippen MR) is 115 cm³/mol. The van der Waals surface area contributed by atoms with Crippen molar-refractivity contribution in [1.82, 2.24) is 25.3 Å². The van der Waals surface area contributed by atoms with E-state index in [1.807, 2.05) is 59.6 Å². The molecule has 2 amide bonds. The number of nitrogens with zero attached hydrogens (tertiary/aromatic N) is 3. The van der Waals surface area contributed by atoms with Crippen LogP contribution >= 0.6 is 0 Å². The number of aromatic amines is 1. The number of carbonyl (C=O) groups is 2. The van der Waals surface area contributed by atoms with Crippen LogP contribution in [0.15, 0.2) is 59.3 Å². The second-order valence-corrected chi connectivity index (χ2v) is 7.55. The molecule has 1 saturated heterocycles. The maximum absolute atomic E-state index is 12.3. The molecule has 0 bridgehead atoms. The Morgan fingerprint density at radius 2 is 1.94 bits per heavy atom. The van der Waals surface area contributed by atoms with Crippen LogP contribution in [0.5, 0.6) is 0 Å². The van der Waals surface area contributed by atoms with Crippen LogP contribution in [0.4, 0.5) is 0 Å². The van der Waals surface area contributed by atoms with Crippen LogP contribution < -0.4 is 5.32 Å². The van der Waals surface area contributed by atoms with Gasteiger partial charge >= 0.3 is 11.8 Å². The Morgan fingerprint density at radius 3 is 2.71 bits per heavy atom. The normalized spacial score (nSPS) is 13.2. The van der Waals surface area contributed by atoms with Gasteiger partial charge in [-0.15, -0.1) is 0 Å². The first kappa shape index (κ1) is 19.0.